The van der Waals surface area contributed by atoms with Crippen molar-refractivity contribution in [2.24, 2.45) is 0 Å². The summed E-state index contributed by atoms with van der Waals surface area (Å²) in [5.74, 6) is 0.268. The van der Waals surface area contributed by atoms with Crippen LogP contribution < -0.4 is 10.6 Å². The maximum Gasteiger partial charge on any atom is 0.275 e. The highest BCUT2D eigenvalue weighted by Crippen LogP contribution is 2.19. The van der Waals surface area contributed by atoms with Crippen LogP contribution in [-0.2, 0) is 0 Å². The van der Waals surface area contributed by atoms with E-state index in [1.165, 1.54) is 0 Å². The van der Waals surface area contributed by atoms with E-state index in [4.69, 9.17) is 23.2 Å². The highest BCUT2D eigenvalue weighted by Gasteiger charge is 2.13. The molecule has 1 aromatic heterocycles. The molecule has 4 nitrogen and oxygen atoms in total. The van der Waals surface area contributed by atoms with E-state index in [9.17, 15) is 4.79 Å². The van der Waals surface area contributed by atoms with Gasteiger partial charge in [0.25, 0.3) is 5.91 Å². The number of hydrogen-bond donors (Lipinski definition) is 2. The van der Waals surface area contributed by atoms with Crippen LogP contribution in [0.4, 0.5) is 11.5 Å². The van der Waals surface area contributed by atoms with Gasteiger partial charge in [0.2, 0.25) is 0 Å². The molecule has 0 saturated carbocycles. The summed E-state index contributed by atoms with van der Waals surface area (Å²) in [5, 5.41) is 6.77. The number of aromatic nitrogens is 1. The molecule has 1 heterocycles. The maximum atomic E-state index is 12.2. The summed E-state index contributed by atoms with van der Waals surface area (Å²) in [6, 6.07) is 10.2. The fraction of sp³-hybridized carbons (Fsp3) is 0.200. The standard InChI is InChI=1S/C15H15Cl2N3O/c1-2-9-18-13-8-7-12(17)14(20-13)15(21)19-11-5-3-10(16)4-6-11/h3-8H,2,9H2,1H3,(H,18,20)(H,19,21). The third-order valence-corrected chi connectivity index (χ3v) is 3.28. The van der Waals surface area contributed by atoms with E-state index in [0.717, 1.165) is 13.0 Å². The van der Waals surface area contributed by atoms with Gasteiger partial charge in [-0.1, -0.05) is 30.1 Å². The third-order valence-electron chi connectivity index (χ3n) is 2.72. The summed E-state index contributed by atoms with van der Waals surface area (Å²) >= 11 is 11.8. The summed E-state index contributed by atoms with van der Waals surface area (Å²) in [5.41, 5.74) is 0.821. The molecule has 0 spiro atoms. The van der Waals surface area contributed by atoms with Crippen LogP contribution in [0.1, 0.15) is 23.8 Å². The summed E-state index contributed by atoms with van der Waals surface area (Å²) in [6.07, 6.45) is 0.969. The molecular formula is C15H15Cl2N3O. The van der Waals surface area contributed by atoms with Gasteiger partial charge in [0.15, 0.2) is 0 Å². The minimum atomic E-state index is -0.359. The Hall–Kier alpha value is -1.78. The molecule has 2 rings (SSSR count). The van der Waals surface area contributed by atoms with E-state index >= 15 is 0 Å². The molecule has 2 N–H and O–H groups in total. The molecule has 110 valence electrons. The average Bonchev–Trinajstić information content (AvgIpc) is 2.48. The van der Waals surface area contributed by atoms with E-state index < -0.39 is 0 Å². The zero-order chi connectivity index (χ0) is 15.2. The Morgan fingerprint density at radius 3 is 2.52 bits per heavy atom. The van der Waals surface area contributed by atoms with Crippen LogP contribution in [0.2, 0.25) is 10.0 Å². The number of amides is 1. The quantitative estimate of drug-likeness (QED) is 0.853. The first kappa shape index (κ1) is 15.6. The number of nitrogens with zero attached hydrogens (tertiary/aromatic N) is 1. The van der Waals surface area contributed by atoms with Crippen molar-refractivity contribution in [1.82, 2.24) is 4.98 Å². The van der Waals surface area contributed by atoms with Crippen molar-refractivity contribution < 1.29 is 4.79 Å². The summed E-state index contributed by atoms with van der Waals surface area (Å²) in [7, 11) is 0. The van der Waals surface area contributed by atoms with Crippen LogP contribution in [0.25, 0.3) is 0 Å². The second kappa shape index (κ2) is 7.29. The molecule has 1 amide bonds. The van der Waals surface area contributed by atoms with Gasteiger partial charge in [-0.15, -0.1) is 0 Å². The smallest absolute Gasteiger partial charge is 0.275 e. The van der Waals surface area contributed by atoms with Crippen LogP contribution in [0, 0.1) is 0 Å². The van der Waals surface area contributed by atoms with Gasteiger partial charge in [0.05, 0.1) is 5.02 Å². The number of anilines is 2. The molecular weight excluding hydrogens is 309 g/mol. The normalized spacial score (nSPS) is 10.2. The van der Waals surface area contributed by atoms with Crippen molar-refractivity contribution in [3.8, 4) is 0 Å². The number of rotatable bonds is 5. The minimum absolute atomic E-state index is 0.188. The summed E-state index contributed by atoms with van der Waals surface area (Å²) in [4.78, 5) is 16.5. The Labute approximate surface area is 133 Å². The monoisotopic (exact) mass is 323 g/mol. The molecule has 1 aromatic carbocycles. The molecule has 0 bridgehead atoms. The molecule has 21 heavy (non-hydrogen) atoms. The van der Waals surface area contributed by atoms with Crippen molar-refractivity contribution in [2.45, 2.75) is 13.3 Å². The SMILES string of the molecule is CCCNc1ccc(Cl)c(C(=O)Nc2ccc(Cl)cc2)n1. The topological polar surface area (TPSA) is 54.0 Å². The van der Waals surface area contributed by atoms with Gasteiger partial charge < -0.3 is 10.6 Å². The lowest BCUT2D eigenvalue weighted by molar-refractivity contribution is 0.102. The van der Waals surface area contributed by atoms with Crippen LogP contribution in [0.5, 0.6) is 0 Å². The van der Waals surface area contributed by atoms with Gasteiger partial charge in [-0.05, 0) is 42.8 Å². The number of carbonyl (C=O) groups excluding carboxylic acids is 1. The van der Waals surface area contributed by atoms with Crippen molar-refractivity contribution in [1.29, 1.82) is 0 Å². The average molecular weight is 324 g/mol. The fourth-order valence-electron chi connectivity index (χ4n) is 1.68. The molecule has 0 saturated heterocycles. The zero-order valence-electron chi connectivity index (χ0n) is 11.5. The molecule has 0 aliphatic heterocycles. The maximum absolute atomic E-state index is 12.2. The van der Waals surface area contributed by atoms with Gasteiger partial charge in [-0.25, -0.2) is 4.98 Å². The van der Waals surface area contributed by atoms with Crippen LogP contribution in [-0.4, -0.2) is 17.4 Å². The molecule has 0 atom stereocenters. The lowest BCUT2D eigenvalue weighted by Gasteiger charge is -2.09. The van der Waals surface area contributed by atoms with Crippen molar-refractivity contribution in [3.05, 3.63) is 52.1 Å². The predicted octanol–water partition coefficient (Wildman–Crippen LogP) is 4.46. The van der Waals surface area contributed by atoms with E-state index in [-0.39, 0.29) is 11.6 Å². The van der Waals surface area contributed by atoms with E-state index in [2.05, 4.69) is 22.5 Å². The Balaban J connectivity index is 2.15. The number of halogens is 2. The van der Waals surface area contributed by atoms with E-state index in [1.807, 2.05) is 0 Å². The van der Waals surface area contributed by atoms with Gasteiger partial charge in [0.1, 0.15) is 11.5 Å². The fourth-order valence-corrected chi connectivity index (χ4v) is 1.99. The van der Waals surface area contributed by atoms with E-state index in [0.29, 0.717) is 21.6 Å². The van der Waals surface area contributed by atoms with Crippen LogP contribution >= 0.6 is 23.2 Å². The second-order valence-electron chi connectivity index (χ2n) is 4.41. The first-order valence-corrected chi connectivity index (χ1v) is 7.33. The van der Waals surface area contributed by atoms with Crippen molar-refractivity contribution in [2.75, 3.05) is 17.2 Å². The first-order chi connectivity index (χ1) is 10.1. The third kappa shape index (κ3) is 4.34. The summed E-state index contributed by atoms with van der Waals surface area (Å²) in [6.45, 7) is 2.84. The predicted molar refractivity (Wildman–Crippen MR) is 87.4 cm³/mol. The molecule has 6 heteroatoms. The highest BCUT2D eigenvalue weighted by atomic mass is 35.5. The first-order valence-electron chi connectivity index (χ1n) is 6.57. The highest BCUT2D eigenvalue weighted by molar-refractivity contribution is 6.34. The van der Waals surface area contributed by atoms with Crippen LogP contribution in [0.3, 0.4) is 0 Å². The van der Waals surface area contributed by atoms with Gasteiger partial charge in [-0.3, -0.25) is 4.79 Å². The lowest BCUT2D eigenvalue weighted by Crippen LogP contribution is -2.15. The lowest BCUT2D eigenvalue weighted by atomic mass is 10.3. The molecule has 0 fully saturated rings. The largest absolute Gasteiger partial charge is 0.370 e. The second-order valence-corrected chi connectivity index (χ2v) is 5.26. The Morgan fingerprint density at radius 2 is 1.86 bits per heavy atom. The van der Waals surface area contributed by atoms with Crippen molar-refractivity contribution >= 4 is 40.6 Å². The van der Waals surface area contributed by atoms with Crippen LogP contribution in [0.15, 0.2) is 36.4 Å². The number of pyridine rings is 1. The number of nitrogens with one attached hydrogen (secondary N) is 2. The molecule has 0 radical (unpaired) electrons. The van der Waals surface area contributed by atoms with Gasteiger partial charge >= 0.3 is 0 Å². The molecule has 0 aliphatic carbocycles. The minimum Gasteiger partial charge on any atom is -0.370 e. The number of hydrogen-bond acceptors (Lipinski definition) is 3. The van der Waals surface area contributed by atoms with Gasteiger partial charge in [0, 0.05) is 17.3 Å². The zero-order valence-corrected chi connectivity index (χ0v) is 13.0. The molecule has 2 aromatic rings. The van der Waals surface area contributed by atoms with Crippen molar-refractivity contribution in [3.63, 3.8) is 0 Å². The molecule has 0 aliphatic rings. The van der Waals surface area contributed by atoms with Gasteiger partial charge in [-0.2, -0.15) is 0 Å². The summed E-state index contributed by atoms with van der Waals surface area (Å²) < 4.78 is 0. The number of benzene rings is 1. The van der Waals surface area contributed by atoms with E-state index in [1.54, 1.807) is 36.4 Å². The Bertz CT molecular complexity index is 629. The number of carbonyl (C=O) groups is 1. The Kier molecular flexibility index (Phi) is 5.42. The Morgan fingerprint density at radius 1 is 1.14 bits per heavy atom. The molecule has 0 unspecified atom stereocenters.